The molecule has 0 bridgehead atoms. The number of ether oxygens (including phenoxy) is 1. The number of hydrogen-bond donors (Lipinski definition) is 1. The summed E-state index contributed by atoms with van der Waals surface area (Å²) in [5, 5.41) is 5.43. The molecular formula is C18H13NO2. The normalized spacial score (nSPS) is 11.3. The Bertz CT molecular complexity index is 998. The van der Waals surface area contributed by atoms with Crippen molar-refractivity contribution in [3.63, 3.8) is 0 Å². The van der Waals surface area contributed by atoms with Gasteiger partial charge in [0.15, 0.2) is 0 Å². The van der Waals surface area contributed by atoms with Crippen molar-refractivity contribution in [1.82, 2.24) is 4.98 Å². The molecule has 1 N–H and O–H groups in total. The average Bonchev–Trinajstić information content (AvgIpc) is 3.00. The lowest BCUT2D eigenvalue weighted by Crippen LogP contribution is -1.99. The van der Waals surface area contributed by atoms with Crippen LogP contribution in [0.3, 0.4) is 0 Å². The van der Waals surface area contributed by atoms with Crippen LogP contribution in [0, 0.1) is 0 Å². The Morgan fingerprint density at radius 1 is 0.905 bits per heavy atom. The SMILES string of the molecule is COC(=O)c1c[nH]c2c3ccccc3c3ccccc3c12. The van der Waals surface area contributed by atoms with Gasteiger partial charge in [0.25, 0.3) is 0 Å². The van der Waals surface area contributed by atoms with Gasteiger partial charge in [-0.1, -0.05) is 48.5 Å². The smallest absolute Gasteiger partial charge is 0.340 e. The molecule has 0 spiro atoms. The highest BCUT2D eigenvalue weighted by molar-refractivity contribution is 6.28. The second-order valence-electron chi connectivity index (χ2n) is 5.04. The maximum Gasteiger partial charge on any atom is 0.340 e. The highest BCUT2D eigenvalue weighted by atomic mass is 16.5. The van der Waals surface area contributed by atoms with Gasteiger partial charge in [0.1, 0.15) is 0 Å². The highest BCUT2D eigenvalue weighted by Gasteiger charge is 2.17. The monoisotopic (exact) mass is 275 g/mol. The molecule has 0 saturated carbocycles. The number of nitrogens with one attached hydrogen (secondary N) is 1. The number of methoxy groups -OCH3 is 1. The van der Waals surface area contributed by atoms with Crippen molar-refractivity contribution in [2.75, 3.05) is 7.11 Å². The van der Waals surface area contributed by atoms with Crippen molar-refractivity contribution in [3.05, 3.63) is 60.3 Å². The molecule has 3 aromatic carbocycles. The van der Waals surface area contributed by atoms with Crippen LogP contribution in [0.25, 0.3) is 32.4 Å². The number of aromatic nitrogens is 1. The molecule has 4 aromatic rings. The molecule has 102 valence electrons. The zero-order valence-electron chi connectivity index (χ0n) is 11.5. The van der Waals surface area contributed by atoms with Gasteiger partial charge in [0.05, 0.1) is 18.2 Å². The molecule has 21 heavy (non-hydrogen) atoms. The molecule has 0 saturated heterocycles. The van der Waals surface area contributed by atoms with E-state index < -0.39 is 0 Å². The first-order valence-electron chi connectivity index (χ1n) is 6.80. The second kappa shape index (κ2) is 4.35. The molecule has 0 unspecified atom stereocenters. The third-order valence-corrected chi connectivity index (χ3v) is 3.97. The van der Waals surface area contributed by atoms with Crippen LogP contribution in [0.2, 0.25) is 0 Å². The summed E-state index contributed by atoms with van der Waals surface area (Å²) in [6.45, 7) is 0. The first-order valence-corrected chi connectivity index (χ1v) is 6.80. The van der Waals surface area contributed by atoms with E-state index >= 15 is 0 Å². The molecule has 0 atom stereocenters. The van der Waals surface area contributed by atoms with E-state index in [1.165, 1.54) is 12.5 Å². The van der Waals surface area contributed by atoms with E-state index in [0.717, 1.165) is 27.1 Å². The Kier molecular flexibility index (Phi) is 2.48. The van der Waals surface area contributed by atoms with Crippen molar-refractivity contribution in [3.8, 4) is 0 Å². The molecule has 0 radical (unpaired) electrons. The van der Waals surface area contributed by atoms with Crippen LogP contribution in [-0.4, -0.2) is 18.1 Å². The van der Waals surface area contributed by atoms with Gasteiger partial charge >= 0.3 is 5.97 Å². The zero-order valence-corrected chi connectivity index (χ0v) is 11.5. The number of benzene rings is 3. The Balaban J connectivity index is 2.32. The topological polar surface area (TPSA) is 42.1 Å². The zero-order chi connectivity index (χ0) is 14.4. The fourth-order valence-corrected chi connectivity index (χ4v) is 3.06. The Hall–Kier alpha value is -2.81. The molecule has 3 nitrogen and oxygen atoms in total. The third kappa shape index (κ3) is 1.57. The summed E-state index contributed by atoms with van der Waals surface area (Å²) in [4.78, 5) is 15.3. The molecule has 0 aliphatic rings. The number of fused-ring (bicyclic) bond motifs is 6. The Morgan fingerprint density at radius 3 is 2.14 bits per heavy atom. The number of hydrogen-bond acceptors (Lipinski definition) is 2. The van der Waals surface area contributed by atoms with E-state index in [1.807, 2.05) is 30.3 Å². The standard InChI is InChI=1S/C18H13NO2/c1-21-18(20)15-10-19-17-14-9-5-3-7-12(14)11-6-2-4-8-13(11)16(15)17/h2-10,19H,1H3. The summed E-state index contributed by atoms with van der Waals surface area (Å²) >= 11 is 0. The average molecular weight is 275 g/mol. The Morgan fingerprint density at radius 2 is 1.48 bits per heavy atom. The third-order valence-electron chi connectivity index (χ3n) is 3.97. The molecule has 1 aromatic heterocycles. The summed E-state index contributed by atoms with van der Waals surface area (Å²) in [7, 11) is 1.41. The van der Waals surface area contributed by atoms with Gasteiger partial charge in [0, 0.05) is 17.0 Å². The number of aromatic amines is 1. The van der Waals surface area contributed by atoms with E-state index in [4.69, 9.17) is 4.74 Å². The van der Waals surface area contributed by atoms with Crippen LogP contribution in [0.15, 0.2) is 54.7 Å². The van der Waals surface area contributed by atoms with Crippen molar-refractivity contribution in [1.29, 1.82) is 0 Å². The molecule has 0 aliphatic carbocycles. The van der Waals surface area contributed by atoms with Gasteiger partial charge in [0.2, 0.25) is 0 Å². The number of esters is 1. The van der Waals surface area contributed by atoms with Crippen LogP contribution in [0.1, 0.15) is 10.4 Å². The minimum atomic E-state index is -0.318. The fourth-order valence-electron chi connectivity index (χ4n) is 3.06. The van der Waals surface area contributed by atoms with Crippen molar-refractivity contribution < 1.29 is 9.53 Å². The van der Waals surface area contributed by atoms with Crippen molar-refractivity contribution >= 4 is 38.4 Å². The second-order valence-corrected chi connectivity index (χ2v) is 5.04. The Labute approximate surface area is 121 Å². The number of rotatable bonds is 1. The highest BCUT2D eigenvalue weighted by Crippen LogP contribution is 2.36. The van der Waals surface area contributed by atoms with Crippen molar-refractivity contribution in [2.24, 2.45) is 0 Å². The van der Waals surface area contributed by atoms with E-state index in [0.29, 0.717) is 5.56 Å². The summed E-state index contributed by atoms with van der Waals surface area (Å²) in [6, 6.07) is 16.4. The molecule has 4 rings (SSSR count). The quantitative estimate of drug-likeness (QED) is 0.416. The van der Waals surface area contributed by atoms with E-state index in [9.17, 15) is 4.79 Å². The summed E-state index contributed by atoms with van der Waals surface area (Å²) in [5.74, 6) is -0.318. The van der Waals surface area contributed by atoms with E-state index in [-0.39, 0.29) is 5.97 Å². The van der Waals surface area contributed by atoms with Crippen LogP contribution in [0.4, 0.5) is 0 Å². The predicted molar refractivity (Wildman–Crippen MR) is 84.7 cm³/mol. The van der Waals surface area contributed by atoms with Crippen LogP contribution in [0.5, 0.6) is 0 Å². The van der Waals surface area contributed by atoms with Gasteiger partial charge in [-0.3, -0.25) is 0 Å². The first kappa shape index (κ1) is 12.0. The van der Waals surface area contributed by atoms with Gasteiger partial charge in [-0.05, 0) is 16.2 Å². The van der Waals surface area contributed by atoms with Crippen LogP contribution < -0.4 is 0 Å². The lowest BCUT2D eigenvalue weighted by molar-refractivity contribution is 0.0603. The van der Waals surface area contributed by atoms with Gasteiger partial charge < -0.3 is 9.72 Å². The lowest BCUT2D eigenvalue weighted by atomic mass is 9.96. The molecule has 1 heterocycles. The maximum atomic E-state index is 12.0. The molecular weight excluding hydrogens is 262 g/mol. The maximum absolute atomic E-state index is 12.0. The molecule has 3 heteroatoms. The minimum absolute atomic E-state index is 0.318. The van der Waals surface area contributed by atoms with Gasteiger partial charge in [-0.2, -0.15) is 0 Å². The van der Waals surface area contributed by atoms with E-state index in [1.54, 1.807) is 6.20 Å². The summed E-state index contributed by atoms with van der Waals surface area (Å²) < 4.78 is 4.90. The van der Waals surface area contributed by atoms with Crippen LogP contribution >= 0.6 is 0 Å². The number of carbonyl (C=O) groups excluding carboxylic acids is 1. The molecule has 0 aliphatic heterocycles. The number of H-pyrrole nitrogens is 1. The van der Waals surface area contributed by atoms with Gasteiger partial charge in [-0.15, -0.1) is 0 Å². The molecule has 0 fully saturated rings. The fraction of sp³-hybridized carbons (Fsp3) is 0.0556. The first-order chi connectivity index (χ1) is 10.3. The largest absolute Gasteiger partial charge is 0.465 e. The molecule has 0 amide bonds. The summed E-state index contributed by atoms with van der Waals surface area (Å²) in [5.41, 5.74) is 1.55. The summed E-state index contributed by atoms with van der Waals surface area (Å²) in [6.07, 6.45) is 1.73. The lowest BCUT2D eigenvalue weighted by Gasteiger charge is -2.07. The van der Waals surface area contributed by atoms with Gasteiger partial charge in [-0.25, -0.2) is 4.79 Å². The van der Waals surface area contributed by atoms with E-state index in [2.05, 4.69) is 23.2 Å². The minimum Gasteiger partial charge on any atom is -0.465 e. The predicted octanol–water partition coefficient (Wildman–Crippen LogP) is 4.26. The van der Waals surface area contributed by atoms with Crippen molar-refractivity contribution in [2.45, 2.75) is 0 Å². The van der Waals surface area contributed by atoms with Crippen LogP contribution in [-0.2, 0) is 4.74 Å². The number of carbonyl (C=O) groups is 1.